The first-order valence-electron chi connectivity index (χ1n) is 5.77. The normalized spacial score (nSPS) is 24.7. The van der Waals surface area contributed by atoms with E-state index in [1.165, 1.54) is 25.7 Å². The Kier molecular flexibility index (Phi) is 4.89. The van der Waals surface area contributed by atoms with E-state index in [4.69, 9.17) is 0 Å². The van der Waals surface area contributed by atoms with E-state index in [0.29, 0.717) is 10.9 Å². The number of hydrogen-bond donors (Lipinski definition) is 0. The van der Waals surface area contributed by atoms with Crippen LogP contribution in [0.25, 0.3) is 0 Å². The van der Waals surface area contributed by atoms with Crippen LogP contribution in [0, 0.1) is 0 Å². The number of pyridine rings is 1. The van der Waals surface area contributed by atoms with Gasteiger partial charge in [-0.3, -0.25) is 0 Å². The molecule has 1 aliphatic carbocycles. The largest absolute Gasteiger partial charge is 0.355 e. The molecule has 17 heavy (non-hydrogen) atoms. The predicted molar refractivity (Wildman–Crippen MR) is 83.0 cm³/mol. The third-order valence-electron chi connectivity index (χ3n) is 3.27. The SMILES string of the molecule is CN(c1ncc(Br)cc1Br)C1CCCCC1Br. The Morgan fingerprint density at radius 2 is 2.00 bits per heavy atom. The molecule has 2 nitrogen and oxygen atoms in total. The van der Waals surface area contributed by atoms with Gasteiger partial charge in [0.05, 0.1) is 4.47 Å². The van der Waals surface area contributed by atoms with Crippen LogP contribution in [0.5, 0.6) is 0 Å². The second-order valence-corrected chi connectivity index (χ2v) is 7.38. The van der Waals surface area contributed by atoms with Gasteiger partial charge in [-0.05, 0) is 50.8 Å². The van der Waals surface area contributed by atoms with Crippen molar-refractivity contribution < 1.29 is 0 Å². The van der Waals surface area contributed by atoms with Gasteiger partial charge in [0.15, 0.2) is 0 Å². The molecule has 5 heteroatoms. The average Bonchev–Trinajstić information content (AvgIpc) is 2.29. The summed E-state index contributed by atoms with van der Waals surface area (Å²) in [6, 6.07) is 2.58. The minimum absolute atomic E-state index is 0.536. The standard InChI is InChI=1S/C12H15Br3N2/c1-17(11-5-3-2-4-9(11)14)12-10(15)6-8(13)7-16-12/h6-7,9,11H,2-5H2,1H3. The minimum atomic E-state index is 0.536. The molecule has 2 rings (SSSR count). The van der Waals surface area contributed by atoms with Crippen LogP contribution in [0.2, 0.25) is 0 Å². The predicted octanol–water partition coefficient (Wildman–Crippen LogP) is 4.75. The second-order valence-electron chi connectivity index (χ2n) is 4.44. The first kappa shape index (κ1) is 13.8. The van der Waals surface area contributed by atoms with E-state index in [0.717, 1.165) is 14.8 Å². The van der Waals surface area contributed by atoms with Gasteiger partial charge >= 0.3 is 0 Å². The third kappa shape index (κ3) is 3.24. The Balaban J connectivity index is 2.20. The van der Waals surface area contributed by atoms with Gasteiger partial charge < -0.3 is 4.90 Å². The number of aromatic nitrogens is 1. The maximum atomic E-state index is 4.50. The van der Waals surface area contributed by atoms with Crippen molar-refractivity contribution in [3.05, 3.63) is 21.2 Å². The highest BCUT2D eigenvalue weighted by Gasteiger charge is 2.27. The van der Waals surface area contributed by atoms with E-state index in [2.05, 4.69) is 64.7 Å². The molecule has 0 aromatic carbocycles. The van der Waals surface area contributed by atoms with Crippen LogP contribution >= 0.6 is 47.8 Å². The van der Waals surface area contributed by atoms with Crippen molar-refractivity contribution in [3.8, 4) is 0 Å². The highest BCUT2D eigenvalue weighted by molar-refractivity contribution is 9.11. The molecule has 1 aromatic heterocycles. The quantitative estimate of drug-likeness (QED) is 0.634. The van der Waals surface area contributed by atoms with Gasteiger partial charge in [-0.15, -0.1) is 0 Å². The zero-order chi connectivity index (χ0) is 12.4. The monoisotopic (exact) mass is 424 g/mol. The summed E-state index contributed by atoms with van der Waals surface area (Å²) in [5, 5.41) is 0. The smallest absolute Gasteiger partial charge is 0.142 e. The van der Waals surface area contributed by atoms with Crippen LogP contribution in [-0.2, 0) is 0 Å². The highest BCUT2D eigenvalue weighted by Crippen LogP contribution is 2.33. The fourth-order valence-electron chi connectivity index (χ4n) is 2.33. The Bertz CT molecular complexity index is 397. The molecule has 0 N–H and O–H groups in total. The highest BCUT2D eigenvalue weighted by atomic mass is 79.9. The first-order chi connectivity index (χ1) is 8.09. The summed E-state index contributed by atoms with van der Waals surface area (Å²) in [5.41, 5.74) is 0. The van der Waals surface area contributed by atoms with Gasteiger partial charge in [0.25, 0.3) is 0 Å². The van der Waals surface area contributed by atoms with Crippen molar-refractivity contribution in [2.45, 2.75) is 36.6 Å². The molecule has 1 aliphatic rings. The van der Waals surface area contributed by atoms with Gasteiger partial charge in [-0.2, -0.15) is 0 Å². The summed E-state index contributed by atoms with van der Waals surface area (Å²) in [6.45, 7) is 0. The lowest BCUT2D eigenvalue weighted by molar-refractivity contribution is 0.442. The van der Waals surface area contributed by atoms with Crippen LogP contribution in [0.15, 0.2) is 21.2 Å². The molecule has 0 spiro atoms. The van der Waals surface area contributed by atoms with Gasteiger partial charge in [-0.25, -0.2) is 4.98 Å². The van der Waals surface area contributed by atoms with Crippen molar-refractivity contribution >= 4 is 53.6 Å². The number of alkyl halides is 1. The summed E-state index contributed by atoms with van der Waals surface area (Å²) in [5.74, 6) is 1.02. The molecule has 1 fully saturated rings. The molecule has 2 atom stereocenters. The molecule has 0 bridgehead atoms. The van der Waals surface area contributed by atoms with Crippen LogP contribution in [0.4, 0.5) is 5.82 Å². The molecule has 94 valence electrons. The van der Waals surface area contributed by atoms with E-state index in [1.807, 2.05) is 12.3 Å². The fraction of sp³-hybridized carbons (Fsp3) is 0.583. The van der Waals surface area contributed by atoms with E-state index < -0.39 is 0 Å². The van der Waals surface area contributed by atoms with Crippen LogP contribution in [0.1, 0.15) is 25.7 Å². The van der Waals surface area contributed by atoms with Gasteiger partial charge in [0.1, 0.15) is 5.82 Å². The molecule has 2 unspecified atom stereocenters. The molecule has 0 saturated heterocycles. The molecule has 1 heterocycles. The number of anilines is 1. The first-order valence-corrected chi connectivity index (χ1v) is 8.27. The Morgan fingerprint density at radius 3 is 2.65 bits per heavy atom. The maximum absolute atomic E-state index is 4.50. The third-order valence-corrected chi connectivity index (χ3v) is 5.35. The maximum Gasteiger partial charge on any atom is 0.142 e. The zero-order valence-corrected chi connectivity index (χ0v) is 14.4. The molecule has 0 radical (unpaired) electrons. The zero-order valence-electron chi connectivity index (χ0n) is 9.67. The lowest BCUT2D eigenvalue weighted by Crippen LogP contribution is -2.41. The van der Waals surface area contributed by atoms with E-state index in [9.17, 15) is 0 Å². The average molecular weight is 427 g/mol. The minimum Gasteiger partial charge on any atom is -0.355 e. The van der Waals surface area contributed by atoms with Gasteiger partial charge in [-0.1, -0.05) is 28.8 Å². The Hall–Kier alpha value is 0.390. The van der Waals surface area contributed by atoms with Crippen LogP contribution in [-0.4, -0.2) is 22.9 Å². The second kappa shape index (κ2) is 6.02. The molecular formula is C12H15Br3N2. The van der Waals surface area contributed by atoms with Crippen LogP contribution < -0.4 is 4.90 Å². The molecule has 0 aliphatic heterocycles. The summed E-state index contributed by atoms with van der Waals surface area (Å²) < 4.78 is 2.04. The summed E-state index contributed by atoms with van der Waals surface area (Å²) >= 11 is 10.8. The molecule has 0 amide bonds. The van der Waals surface area contributed by atoms with Crippen molar-refractivity contribution in [3.63, 3.8) is 0 Å². The van der Waals surface area contributed by atoms with Crippen LogP contribution in [0.3, 0.4) is 0 Å². The number of rotatable bonds is 2. The van der Waals surface area contributed by atoms with E-state index >= 15 is 0 Å². The lowest BCUT2D eigenvalue weighted by Gasteiger charge is -2.36. The van der Waals surface area contributed by atoms with Crippen molar-refractivity contribution in [1.82, 2.24) is 4.98 Å². The fourth-order valence-corrected chi connectivity index (χ4v) is 4.54. The van der Waals surface area contributed by atoms with Crippen molar-refractivity contribution in [2.75, 3.05) is 11.9 Å². The number of hydrogen-bond acceptors (Lipinski definition) is 2. The molecule has 1 saturated carbocycles. The number of nitrogens with zero attached hydrogens (tertiary/aromatic N) is 2. The van der Waals surface area contributed by atoms with E-state index in [1.54, 1.807) is 0 Å². The topological polar surface area (TPSA) is 16.1 Å². The summed E-state index contributed by atoms with van der Waals surface area (Å²) in [4.78, 5) is 7.35. The van der Waals surface area contributed by atoms with Crippen molar-refractivity contribution in [1.29, 1.82) is 0 Å². The van der Waals surface area contributed by atoms with E-state index in [-0.39, 0.29) is 0 Å². The summed E-state index contributed by atoms with van der Waals surface area (Å²) in [6.07, 6.45) is 6.98. The van der Waals surface area contributed by atoms with Gasteiger partial charge in [0.2, 0.25) is 0 Å². The van der Waals surface area contributed by atoms with Gasteiger partial charge in [0, 0.05) is 28.6 Å². The summed E-state index contributed by atoms with van der Waals surface area (Å²) in [7, 11) is 2.13. The molecular weight excluding hydrogens is 412 g/mol. The molecule has 1 aromatic rings. The van der Waals surface area contributed by atoms with Crippen molar-refractivity contribution in [2.24, 2.45) is 0 Å². The Labute approximate surface area is 128 Å². The Morgan fingerprint density at radius 1 is 1.29 bits per heavy atom. The lowest BCUT2D eigenvalue weighted by atomic mass is 9.94. The number of halogens is 3.